The van der Waals surface area contributed by atoms with E-state index in [1.54, 1.807) is 0 Å². The normalized spacial score (nSPS) is 18.1. The number of nitrogens with zero attached hydrogens (tertiary/aromatic N) is 3. The Labute approximate surface area is 266 Å². The van der Waals surface area contributed by atoms with Gasteiger partial charge in [0.2, 0.25) is 0 Å². The van der Waals surface area contributed by atoms with Crippen molar-refractivity contribution in [3.8, 4) is 0 Å². The van der Waals surface area contributed by atoms with E-state index in [1.165, 1.54) is 49.5 Å². The average molecular weight is 714 g/mol. The van der Waals surface area contributed by atoms with E-state index >= 15 is 0 Å². The Hall–Kier alpha value is -3.49. The quantitative estimate of drug-likeness (QED) is 0.334. The first-order valence-electron chi connectivity index (χ1n) is 13.4. The molecule has 1 atom stereocenters. The van der Waals surface area contributed by atoms with Crippen LogP contribution in [0.3, 0.4) is 0 Å². The molecule has 2 fully saturated rings. The number of alkyl halides is 9. The standard InChI is InChI=1S/C21H29N3OS.3C2HF3O2/c1-25-16-19-14-24(15-20-5-3-11-26-20)17-21(19)6-9-23(10-7-21)13-18-4-2-8-22-12-18;3*3-2(4,5)1(6)7/h2-5,8,11-12,19H,6-7,9-10,13-17H2,1H3;3*(H,6,7). The number of rotatable bonds is 6. The van der Waals surface area contributed by atoms with Crippen molar-refractivity contribution in [1.29, 1.82) is 0 Å². The Kier molecular flexibility index (Phi) is 16.0. The Morgan fingerprint density at radius 1 is 0.872 bits per heavy atom. The first kappa shape index (κ1) is 41.5. The van der Waals surface area contributed by atoms with E-state index in [0.717, 1.165) is 19.7 Å². The maximum Gasteiger partial charge on any atom is 0.490 e. The molecule has 0 radical (unpaired) electrons. The Bertz CT molecular complexity index is 1180. The van der Waals surface area contributed by atoms with E-state index in [0.29, 0.717) is 11.3 Å². The van der Waals surface area contributed by atoms with Gasteiger partial charge in [0, 0.05) is 56.5 Å². The number of hydrogen-bond acceptors (Lipinski definition) is 8. The number of ether oxygens (including phenoxy) is 1. The molecule has 2 aromatic heterocycles. The molecule has 0 aliphatic carbocycles. The molecule has 47 heavy (non-hydrogen) atoms. The van der Waals surface area contributed by atoms with Crippen LogP contribution in [0.15, 0.2) is 42.0 Å². The maximum atomic E-state index is 10.6. The number of carboxylic acids is 3. The minimum absolute atomic E-state index is 0.429. The van der Waals surface area contributed by atoms with Crippen LogP contribution >= 0.6 is 11.3 Å². The van der Waals surface area contributed by atoms with E-state index in [-0.39, 0.29) is 0 Å². The Balaban J connectivity index is 0.000000430. The van der Waals surface area contributed by atoms with Gasteiger partial charge in [0.05, 0.1) is 6.61 Å². The van der Waals surface area contributed by atoms with Crippen LogP contribution in [0.1, 0.15) is 23.3 Å². The number of pyridine rings is 1. The van der Waals surface area contributed by atoms with Gasteiger partial charge in [0.15, 0.2) is 0 Å². The van der Waals surface area contributed by atoms with Crippen LogP contribution < -0.4 is 0 Å². The minimum atomic E-state index is -5.08. The van der Waals surface area contributed by atoms with Gasteiger partial charge in [-0.05, 0) is 54.4 Å². The molecule has 4 heterocycles. The van der Waals surface area contributed by atoms with Gasteiger partial charge in [0.25, 0.3) is 0 Å². The summed E-state index contributed by atoms with van der Waals surface area (Å²) in [7, 11) is 1.85. The fourth-order valence-corrected chi connectivity index (χ4v) is 5.54. The Morgan fingerprint density at radius 3 is 1.77 bits per heavy atom. The molecule has 2 aromatic rings. The molecule has 0 aromatic carbocycles. The molecule has 2 aliphatic rings. The topological polar surface area (TPSA) is 140 Å². The molecule has 10 nitrogen and oxygen atoms in total. The number of likely N-dealkylation sites (tertiary alicyclic amines) is 2. The van der Waals surface area contributed by atoms with Crippen LogP contribution in [0.5, 0.6) is 0 Å². The lowest BCUT2D eigenvalue weighted by Crippen LogP contribution is -2.44. The minimum Gasteiger partial charge on any atom is -0.475 e. The number of hydrogen-bond donors (Lipinski definition) is 3. The molecule has 3 N–H and O–H groups in total. The fourth-order valence-electron chi connectivity index (χ4n) is 4.79. The number of methoxy groups -OCH3 is 1. The van der Waals surface area contributed by atoms with Crippen molar-refractivity contribution in [2.45, 2.75) is 44.5 Å². The van der Waals surface area contributed by atoms with Crippen molar-refractivity contribution in [1.82, 2.24) is 14.8 Å². The highest BCUT2D eigenvalue weighted by molar-refractivity contribution is 7.09. The maximum absolute atomic E-state index is 10.6. The molecule has 4 rings (SSSR count). The average Bonchev–Trinajstić information content (AvgIpc) is 3.58. The van der Waals surface area contributed by atoms with Gasteiger partial charge in [-0.2, -0.15) is 39.5 Å². The van der Waals surface area contributed by atoms with Crippen molar-refractivity contribution >= 4 is 29.2 Å². The summed E-state index contributed by atoms with van der Waals surface area (Å²) < 4.78 is 101. The predicted molar refractivity (Wildman–Crippen MR) is 147 cm³/mol. The van der Waals surface area contributed by atoms with Gasteiger partial charge < -0.3 is 20.1 Å². The van der Waals surface area contributed by atoms with Crippen LogP contribution in [-0.4, -0.2) is 106 Å². The van der Waals surface area contributed by atoms with E-state index in [9.17, 15) is 39.5 Å². The number of carboxylic acid groups (broad SMARTS) is 3. The zero-order valence-electron chi connectivity index (χ0n) is 24.6. The van der Waals surface area contributed by atoms with Crippen LogP contribution in [0, 0.1) is 11.3 Å². The highest BCUT2D eigenvalue weighted by Gasteiger charge is 2.47. The summed E-state index contributed by atoms with van der Waals surface area (Å²) >= 11 is 1.87. The van der Waals surface area contributed by atoms with E-state index in [1.807, 2.05) is 36.9 Å². The molecule has 1 unspecified atom stereocenters. The lowest BCUT2D eigenvalue weighted by molar-refractivity contribution is -0.193. The third-order valence-corrected chi connectivity index (χ3v) is 7.78. The second-order valence-electron chi connectivity index (χ2n) is 10.3. The van der Waals surface area contributed by atoms with Crippen molar-refractivity contribution in [3.05, 3.63) is 52.5 Å². The third-order valence-electron chi connectivity index (χ3n) is 6.92. The number of aliphatic carboxylic acids is 3. The second kappa shape index (κ2) is 18.2. The smallest absolute Gasteiger partial charge is 0.475 e. The zero-order valence-corrected chi connectivity index (χ0v) is 25.4. The molecule has 0 saturated carbocycles. The highest BCUT2D eigenvalue weighted by Crippen LogP contribution is 2.45. The molecule has 0 amide bonds. The van der Waals surface area contributed by atoms with Crippen LogP contribution in [-0.2, 0) is 32.2 Å². The van der Waals surface area contributed by atoms with E-state index in [4.69, 9.17) is 34.4 Å². The van der Waals surface area contributed by atoms with Crippen molar-refractivity contribution in [2.24, 2.45) is 11.3 Å². The Morgan fingerprint density at radius 2 is 1.38 bits per heavy atom. The summed E-state index contributed by atoms with van der Waals surface area (Å²) in [5.41, 5.74) is 1.75. The number of thiophene rings is 1. The summed E-state index contributed by atoms with van der Waals surface area (Å²) in [6.07, 6.45) is -8.84. The van der Waals surface area contributed by atoms with Gasteiger partial charge in [-0.15, -0.1) is 11.3 Å². The molecule has 1 spiro atoms. The summed E-state index contributed by atoms with van der Waals surface area (Å²) in [6.45, 7) is 7.78. The number of halogens is 9. The molecule has 20 heteroatoms. The number of aromatic nitrogens is 1. The second-order valence-corrected chi connectivity index (χ2v) is 11.3. The summed E-state index contributed by atoms with van der Waals surface area (Å²) in [5.74, 6) is -7.61. The molecule has 266 valence electrons. The van der Waals surface area contributed by atoms with Crippen LogP contribution in [0.4, 0.5) is 39.5 Å². The SMILES string of the molecule is COCC1CN(Cc2cccs2)CC12CCN(Cc1cccnc1)CC2.O=C(O)C(F)(F)F.O=C(O)C(F)(F)F.O=C(O)C(F)(F)F. The first-order chi connectivity index (χ1) is 21.6. The van der Waals surface area contributed by atoms with E-state index in [2.05, 4.69) is 38.4 Å². The summed E-state index contributed by atoms with van der Waals surface area (Å²) in [5, 5.41) is 23.6. The molecular weight excluding hydrogens is 681 g/mol. The monoisotopic (exact) mass is 713 g/mol. The fraction of sp³-hybridized carbons (Fsp3) is 0.556. The molecule has 0 bridgehead atoms. The van der Waals surface area contributed by atoms with Gasteiger partial charge in [-0.1, -0.05) is 12.1 Å². The summed E-state index contributed by atoms with van der Waals surface area (Å²) in [4.78, 5) is 37.7. The van der Waals surface area contributed by atoms with Gasteiger partial charge in [-0.25, -0.2) is 14.4 Å². The number of carbonyl (C=O) groups is 3. The van der Waals surface area contributed by atoms with Gasteiger partial charge in [-0.3, -0.25) is 14.8 Å². The van der Waals surface area contributed by atoms with Gasteiger partial charge in [0.1, 0.15) is 0 Å². The lowest BCUT2D eigenvalue weighted by Gasteiger charge is -2.42. The highest BCUT2D eigenvalue weighted by atomic mass is 32.1. The van der Waals surface area contributed by atoms with Crippen molar-refractivity contribution in [3.63, 3.8) is 0 Å². The van der Waals surface area contributed by atoms with Crippen LogP contribution in [0.25, 0.3) is 0 Å². The molecular formula is C27H32F9N3O7S. The molecule has 2 aliphatic heterocycles. The molecule has 2 saturated heterocycles. The van der Waals surface area contributed by atoms with Crippen molar-refractivity contribution in [2.75, 3.05) is 39.9 Å². The zero-order chi connectivity index (χ0) is 36.1. The van der Waals surface area contributed by atoms with E-state index < -0.39 is 36.4 Å². The number of piperidine rings is 1. The van der Waals surface area contributed by atoms with Gasteiger partial charge >= 0.3 is 36.4 Å². The predicted octanol–water partition coefficient (Wildman–Crippen LogP) is 5.40. The largest absolute Gasteiger partial charge is 0.490 e. The first-order valence-corrected chi connectivity index (χ1v) is 14.2. The van der Waals surface area contributed by atoms with Crippen molar-refractivity contribution < 1.29 is 74.0 Å². The van der Waals surface area contributed by atoms with Crippen LogP contribution in [0.2, 0.25) is 0 Å². The third kappa shape index (κ3) is 15.3. The summed E-state index contributed by atoms with van der Waals surface area (Å²) in [6, 6.07) is 8.64. The lowest BCUT2D eigenvalue weighted by atomic mass is 9.71.